The lowest BCUT2D eigenvalue weighted by molar-refractivity contribution is -0.135. The van der Waals surface area contributed by atoms with Gasteiger partial charge in [0.25, 0.3) is 0 Å². The molecule has 1 aliphatic heterocycles. The van der Waals surface area contributed by atoms with Gasteiger partial charge in [-0.25, -0.2) is 0 Å². The molecule has 0 spiro atoms. The van der Waals surface area contributed by atoms with E-state index < -0.39 is 0 Å². The summed E-state index contributed by atoms with van der Waals surface area (Å²) >= 11 is 0. The molecule has 2 aromatic carbocycles. The van der Waals surface area contributed by atoms with E-state index in [4.69, 9.17) is 4.74 Å². The molecule has 3 rings (SSSR count). The Balaban J connectivity index is 1.35. The third-order valence-corrected chi connectivity index (χ3v) is 6.10. The highest BCUT2D eigenvalue weighted by atomic mass is 16.5. The van der Waals surface area contributed by atoms with Crippen LogP contribution < -0.4 is 10.1 Å². The summed E-state index contributed by atoms with van der Waals surface area (Å²) < 4.78 is 5.19. The van der Waals surface area contributed by atoms with Crippen LogP contribution in [-0.2, 0) is 22.4 Å². The largest absolute Gasteiger partial charge is 0.497 e. The number of nitrogens with zero attached hydrogens (tertiary/aromatic N) is 1. The van der Waals surface area contributed by atoms with E-state index >= 15 is 0 Å². The molecule has 2 amide bonds. The maximum atomic E-state index is 12.7. The lowest BCUT2D eigenvalue weighted by atomic mass is 9.94. The molecule has 166 valence electrons. The summed E-state index contributed by atoms with van der Waals surface area (Å²) in [6.45, 7) is 3.40. The van der Waals surface area contributed by atoms with Gasteiger partial charge in [0.2, 0.25) is 11.8 Å². The number of amides is 2. The molecule has 1 unspecified atom stereocenters. The molecular formula is C26H34N2O3. The number of hydrogen-bond donors (Lipinski definition) is 1. The first kappa shape index (κ1) is 22.9. The second-order valence-electron chi connectivity index (χ2n) is 8.44. The van der Waals surface area contributed by atoms with Crippen molar-refractivity contribution in [1.29, 1.82) is 0 Å². The van der Waals surface area contributed by atoms with E-state index in [0.717, 1.165) is 37.9 Å². The zero-order valence-corrected chi connectivity index (χ0v) is 18.7. The average Bonchev–Trinajstić information content (AvgIpc) is 2.82. The predicted molar refractivity (Wildman–Crippen MR) is 123 cm³/mol. The molecule has 1 aliphatic rings. The molecule has 1 fully saturated rings. The molecule has 5 heteroatoms. The number of ether oxygens (including phenoxy) is 1. The van der Waals surface area contributed by atoms with Crippen molar-refractivity contribution in [2.45, 2.75) is 51.5 Å². The Morgan fingerprint density at radius 3 is 2.29 bits per heavy atom. The molecule has 31 heavy (non-hydrogen) atoms. The number of benzene rings is 2. The van der Waals surface area contributed by atoms with E-state index in [-0.39, 0.29) is 23.8 Å². The van der Waals surface area contributed by atoms with E-state index in [1.807, 2.05) is 35.2 Å². The van der Waals surface area contributed by atoms with Crippen LogP contribution in [0.4, 0.5) is 0 Å². The van der Waals surface area contributed by atoms with Crippen LogP contribution >= 0.6 is 0 Å². The van der Waals surface area contributed by atoms with Gasteiger partial charge < -0.3 is 15.0 Å². The first-order valence-corrected chi connectivity index (χ1v) is 11.3. The van der Waals surface area contributed by atoms with Gasteiger partial charge in [0, 0.05) is 31.5 Å². The normalized spacial score (nSPS) is 15.4. The quantitative estimate of drug-likeness (QED) is 0.664. The Hall–Kier alpha value is -2.82. The molecule has 0 aliphatic carbocycles. The third kappa shape index (κ3) is 7.12. The van der Waals surface area contributed by atoms with Crippen LogP contribution in [0.1, 0.15) is 43.7 Å². The van der Waals surface area contributed by atoms with Gasteiger partial charge in [-0.2, -0.15) is 0 Å². The smallest absolute Gasteiger partial charge is 0.223 e. The van der Waals surface area contributed by atoms with Crippen molar-refractivity contribution in [3.63, 3.8) is 0 Å². The summed E-state index contributed by atoms with van der Waals surface area (Å²) in [7, 11) is 1.66. The molecule has 0 radical (unpaired) electrons. The number of carbonyl (C=O) groups is 2. The Kier molecular flexibility index (Phi) is 8.51. The van der Waals surface area contributed by atoms with Gasteiger partial charge in [-0.1, -0.05) is 42.5 Å². The maximum Gasteiger partial charge on any atom is 0.223 e. The molecular weight excluding hydrogens is 388 g/mol. The summed E-state index contributed by atoms with van der Waals surface area (Å²) in [4.78, 5) is 27.1. The topological polar surface area (TPSA) is 58.6 Å². The van der Waals surface area contributed by atoms with E-state index in [2.05, 4.69) is 36.5 Å². The first-order valence-electron chi connectivity index (χ1n) is 11.3. The summed E-state index contributed by atoms with van der Waals surface area (Å²) in [5, 5.41) is 3.17. The third-order valence-electron chi connectivity index (χ3n) is 6.10. The number of methoxy groups -OCH3 is 1. The van der Waals surface area contributed by atoms with Crippen molar-refractivity contribution >= 4 is 11.8 Å². The number of rotatable bonds is 9. The lowest BCUT2D eigenvalue weighted by Crippen LogP contribution is -2.45. The van der Waals surface area contributed by atoms with Crippen LogP contribution in [0.2, 0.25) is 0 Å². The molecule has 1 atom stereocenters. The highest BCUT2D eigenvalue weighted by molar-refractivity contribution is 5.80. The molecule has 0 bridgehead atoms. The van der Waals surface area contributed by atoms with Crippen molar-refractivity contribution in [2.24, 2.45) is 5.92 Å². The minimum Gasteiger partial charge on any atom is -0.497 e. The van der Waals surface area contributed by atoms with E-state index in [1.54, 1.807) is 7.11 Å². The van der Waals surface area contributed by atoms with Crippen LogP contribution in [-0.4, -0.2) is 43.0 Å². The number of piperidine rings is 1. The Morgan fingerprint density at radius 1 is 1.00 bits per heavy atom. The minimum atomic E-state index is 0.00149. The highest BCUT2D eigenvalue weighted by Crippen LogP contribution is 2.19. The molecule has 0 saturated carbocycles. The summed E-state index contributed by atoms with van der Waals surface area (Å²) in [5.41, 5.74) is 2.43. The molecule has 1 saturated heterocycles. The number of carbonyl (C=O) groups excluding carboxylic acids is 2. The monoisotopic (exact) mass is 422 g/mol. The van der Waals surface area contributed by atoms with Crippen molar-refractivity contribution < 1.29 is 14.3 Å². The van der Waals surface area contributed by atoms with Crippen molar-refractivity contribution in [1.82, 2.24) is 10.2 Å². The van der Waals surface area contributed by atoms with Gasteiger partial charge in [0.1, 0.15) is 5.75 Å². The predicted octanol–water partition coefficient (Wildman–Crippen LogP) is 4.00. The zero-order chi connectivity index (χ0) is 22.1. The fourth-order valence-corrected chi connectivity index (χ4v) is 4.05. The van der Waals surface area contributed by atoms with Gasteiger partial charge >= 0.3 is 0 Å². The SMILES string of the molecule is COc1ccc(CCC(C)NC(=O)C2CCN(C(=O)CCc3ccccc3)CC2)cc1. The lowest BCUT2D eigenvalue weighted by Gasteiger charge is -2.32. The van der Waals surface area contributed by atoms with Crippen molar-refractivity contribution in [3.05, 3.63) is 65.7 Å². The fourth-order valence-electron chi connectivity index (χ4n) is 4.05. The Bertz CT molecular complexity index is 827. The van der Waals surface area contributed by atoms with E-state index in [0.29, 0.717) is 19.5 Å². The summed E-state index contributed by atoms with van der Waals surface area (Å²) in [5.74, 6) is 1.17. The molecule has 1 heterocycles. The zero-order valence-electron chi connectivity index (χ0n) is 18.7. The number of hydrogen-bond acceptors (Lipinski definition) is 3. The number of nitrogens with one attached hydrogen (secondary N) is 1. The van der Waals surface area contributed by atoms with Gasteiger partial charge in [-0.3, -0.25) is 9.59 Å². The number of likely N-dealkylation sites (tertiary alicyclic amines) is 1. The van der Waals surface area contributed by atoms with Gasteiger partial charge in [-0.05, 0) is 62.3 Å². The standard InChI is InChI=1S/C26H34N2O3/c1-20(8-9-22-10-13-24(31-2)14-11-22)27-26(30)23-16-18-28(19-17-23)25(29)15-12-21-6-4-3-5-7-21/h3-7,10-11,13-14,20,23H,8-9,12,15-19H2,1-2H3,(H,27,30). The number of aryl methyl sites for hydroxylation is 2. The second-order valence-corrected chi connectivity index (χ2v) is 8.44. The Morgan fingerprint density at radius 2 is 1.65 bits per heavy atom. The van der Waals surface area contributed by atoms with Crippen molar-refractivity contribution in [2.75, 3.05) is 20.2 Å². The van der Waals surface area contributed by atoms with Crippen LogP contribution in [0.5, 0.6) is 5.75 Å². The van der Waals surface area contributed by atoms with Gasteiger partial charge in [0.15, 0.2) is 0 Å². The summed E-state index contributed by atoms with van der Waals surface area (Å²) in [6.07, 6.45) is 4.60. The van der Waals surface area contributed by atoms with Crippen molar-refractivity contribution in [3.8, 4) is 5.75 Å². The average molecular weight is 423 g/mol. The maximum absolute atomic E-state index is 12.7. The second kappa shape index (κ2) is 11.5. The van der Waals surface area contributed by atoms with Gasteiger partial charge in [0.05, 0.1) is 7.11 Å². The van der Waals surface area contributed by atoms with Gasteiger partial charge in [-0.15, -0.1) is 0 Å². The van der Waals surface area contributed by atoms with Crippen LogP contribution in [0, 0.1) is 5.92 Å². The molecule has 5 nitrogen and oxygen atoms in total. The molecule has 1 N–H and O–H groups in total. The van der Waals surface area contributed by atoms with Crippen LogP contribution in [0.25, 0.3) is 0 Å². The van der Waals surface area contributed by atoms with E-state index in [1.165, 1.54) is 11.1 Å². The molecule has 0 aromatic heterocycles. The highest BCUT2D eigenvalue weighted by Gasteiger charge is 2.27. The summed E-state index contributed by atoms with van der Waals surface area (Å²) in [6, 6.07) is 18.3. The van der Waals surface area contributed by atoms with Crippen LogP contribution in [0.15, 0.2) is 54.6 Å². The molecule has 2 aromatic rings. The van der Waals surface area contributed by atoms with Crippen LogP contribution in [0.3, 0.4) is 0 Å². The minimum absolute atomic E-state index is 0.00149. The first-order chi connectivity index (χ1) is 15.0. The Labute approximate surface area is 185 Å². The fraction of sp³-hybridized carbons (Fsp3) is 0.462. The van der Waals surface area contributed by atoms with E-state index in [9.17, 15) is 9.59 Å².